The molecule has 1 aliphatic heterocycles. The Kier molecular flexibility index (Phi) is 9.68. The first-order valence-corrected chi connectivity index (χ1v) is 13.1. The molecule has 0 bridgehead atoms. The van der Waals surface area contributed by atoms with Crippen LogP contribution in [0.5, 0.6) is 0 Å². The number of carbonyl (C=O) groups is 1. The highest BCUT2D eigenvalue weighted by molar-refractivity contribution is 7.99. The van der Waals surface area contributed by atoms with Gasteiger partial charge in [0.05, 0.1) is 18.9 Å². The van der Waals surface area contributed by atoms with Crippen LogP contribution in [0.3, 0.4) is 0 Å². The molecule has 2 heterocycles. The molecule has 0 atom stereocenters. The van der Waals surface area contributed by atoms with Crippen LogP contribution in [0.15, 0.2) is 59.8 Å². The van der Waals surface area contributed by atoms with Crippen molar-refractivity contribution in [3.63, 3.8) is 0 Å². The van der Waals surface area contributed by atoms with E-state index in [1.807, 2.05) is 34.9 Å². The van der Waals surface area contributed by atoms with Gasteiger partial charge in [-0.1, -0.05) is 48.5 Å². The molecule has 2 aromatic carbocycles. The fraction of sp³-hybridized carbons (Fsp3) is 0.423. The molecule has 0 aliphatic carbocycles. The molecule has 0 spiro atoms. The summed E-state index contributed by atoms with van der Waals surface area (Å²) in [4.78, 5) is 14.8. The number of hydrogen-bond acceptors (Lipinski definition) is 6. The van der Waals surface area contributed by atoms with E-state index in [1.54, 1.807) is 12.1 Å². The number of rotatable bonds is 12. The summed E-state index contributed by atoms with van der Waals surface area (Å²) >= 11 is 1.34. The third kappa shape index (κ3) is 7.88. The van der Waals surface area contributed by atoms with E-state index in [-0.39, 0.29) is 17.5 Å². The zero-order chi connectivity index (χ0) is 24.3. The summed E-state index contributed by atoms with van der Waals surface area (Å²) in [6, 6.07) is 16.3. The van der Waals surface area contributed by atoms with Crippen LogP contribution in [-0.4, -0.2) is 57.6 Å². The first kappa shape index (κ1) is 25.3. The summed E-state index contributed by atoms with van der Waals surface area (Å²) in [7, 11) is 0. The number of aromatic nitrogens is 3. The summed E-state index contributed by atoms with van der Waals surface area (Å²) in [5, 5.41) is 12.3. The van der Waals surface area contributed by atoms with Gasteiger partial charge >= 0.3 is 0 Å². The Morgan fingerprint density at radius 1 is 1.03 bits per heavy atom. The molecule has 1 saturated heterocycles. The van der Waals surface area contributed by atoms with Crippen molar-refractivity contribution in [1.82, 2.24) is 25.0 Å². The molecule has 1 amide bonds. The van der Waals surface area contributed by atoms with E-state index in [4.69, 9.17) is 4.74 Å². The van der Waals surface area contributed by atoms with Crippen LogP contribution in [0.25, 0.3) is 5.69 Å². The summed E-state index contributed by atoms with van der Waals surface area (Å²) in [5.74, 6) is 0.676. The molecule has 1 fully saturated rings. The number of thioether (sulfide) groups is 1. The lowest BCUT2D eigenvalue weighted by molar-refractivity contribution is -0.118. The fourth-order valence-corrected chi connectivity index (χ4v) is 4.81. The average Bonchev–Trinajstić information content (AvgIpc) is 3.28. The highest BCUT2D eigenvalue weighted by atomic mass is 32.2. The topological polar surface area (TPSA) is 72.3 Å². The Morgan fingerprint density at radius 2 is 1.80 bits per heavy atom. The molecule has 0 saturated carbocycles. The number of carbonyl (C=O) groups excluding carboxylic acids is 1. The largest absolute Gasteiger partial charge is 0.377 e. The van der Waals surface area contributed by atoms with E-state index in [0.717, 1.165) is 36.6 Å². The van der Waals surface area contributed by atoms with E-state index < -0.39 is 0 Å². The predicted octanol–water partition coefficient (Wildman–Crippen LogP) is 4.21. The molecular weight excluding hydrogens is 465 g/mol. The molecule has 9 heteroatoms. The second kappa shape index (κ2) is 13.4. The summed E-state index contributed by atoms with van der Waals surface area (Å²) in [6.07, 6.45) is 4.37. The summed E-state index contributed by atoms with van der Waals surface area (Å²) in [5.41, 5.74) is 1.93. The van der Waals surface area contributed by atoms with Gasteiger partial charge in [-0.2, -0.15) is 0 Å². The van der Waals surface area contributed by atoms with Gasteiger partial charge in [0, 0.05) is 18.8 Å². The summed E-state index contributed by atoms with van der Waals surface area (Å²) < 4.78 is 21.1. The van der Waals surface area contributed by atoms with E-state index in [9.17, 15) is 9.18 Å². The zero-order valence-electron chi connectivity index (χ0n) is 19.9. The van der Waals surface area contributed by atoms with E-state index in [0.29, 0.717) is 31.5 Å². The second-order valence-electron chi connectivity index (χ2n) is 8.58. The number of benzene rings is 2. The fourth-order valence-electron chi connectivity index (χ4n) is 4.01. The molecule has 4 rings (SSSR count). The quantitative estimate of drug-likeness (QED) is 0.299. The maximum absolute atomic E-state index is 13.5. The molecule has 1 N–H and O–H groups in total. The minimum absolute atomic E-state index is 0.0655. The number of hydrogen-bond donors (Lipinski definition) is 1. The molecule has 7 nitrogen and oxygen atoms in total. The Bertz CT molecular complexity index is 1060. The minimum atomic E-state index is -0.291. The third-order valence-corrected chi connectivity index (χ3v) is 6.76. The number of nitrogens with one attached hydrogen (secondary N) is 1. The Labute approximate surface area is 210 Å². The third-order valence-electron chi connectivity index (χ3n) is 5.83. The van der Waals surface area contributed by atoms with E-state index in [2.05, 4.69) is 20.4 Å². The molecule has 186 valence electrons. The maximum atomic E-state index is 13.5. The van der Waals surface area contributed by atoms with Crippen molar-refractivity contribution in [3.05, 3.63) is 71.8 Å². The van der Waals surface area contributed by atoms with Gasteiger partial charge in [0.2, 0.25) is 5.91 Å². The second-order valence-corrected chi connectivity index (χ2v) is 9.52. The van der Waals surface area contributed by atoms with Crippen LogP contribution in [-0.2, 0) is 22.7 Å². The Balaban J connectivity index is 1.27. The number of ether oxygens (including phenoxy) is 1. The highest BCUT2D eigenvalue weighted by Gasteiger charge is 2.19. The van der Waals surface area contributed by atoms with Crippen LogP contribution in [0.1, 0.15) is 37.1 Å². The molecule has 3 aromatic rings. The van der Waals surface area contributed by atoms with Crippen molar-refractivity contribution in [3.8, 4) is 5.69 Å². The lowest BCUT2D eigenvalue weighted by Gasteiger charge is -2.26. The number of halogens is 1. The Hall–Kier alpha value is -2.75. The van der Waals surface area contributed by atoms with Crippen LogP contribution in [0.2, 0.25) is 0 Å². The minimum Gasteiger partial charge on any atom is -0.377 e. The highest BCUT2D eigenvalue weighted by Crippen LogP contribution is 2.24. The van der Waals surface area contributed by atoms with Gasteiger partial charge in [0.1, 0.15) is 5.82 Å². The molecule has 0 unspecified atom stereocenters. The van der Waals surface area contributed by atoms with Gasteiger partial charge in [-0.25, -0.2) is 4.39 Å². The van der Waals surface area contributed by atoms with Gasteiger partial charge in [-0.3, -0.25) is 14.3 Å². The average molecular weight is 498 g/mol. The van der Waals surface area contributed by atoms with Crippen molar-refractivity contribution in [2.24, 2.45) is 0 Å². The molecule has 1 aromatic heterocycles. The first-order valence-electron chi connectivity index (χ1n) is 12.1. The molecule has 35 heavy (non-hydrogen) atoms. The van der Waals surface area contributed by atoms with E-state index in [1.165, 1.54) is 43.2 Å². The number of nitrogens with zero attached hydrogens (tertiary/aromatic N) is 4. The zero-order valence-corrected chi connectivity index (χ0v) is 20.7. The maximum Gasteiger partial charge on any atom is 0.230 e. The smallest absolute Gasteiger partial charge is 0.230 e. The van der Waals surface area contributed by atoms with Crippen LogP contribution in [0.4, 0.5) is 4.39 Å². The SMILES string of the molecule is O=C(CSc1nnc(CN2CCCCC2)n1-c1ccc(F)cc1)NCCCOCc1ccccc1. The first-order chi connectivity index (χ1) is 17.2. The normalized spacial score (nSPS) is 14.2. The van der Waals surface area contributed by atoms with Crippen LogP contribution >= 0.6 is 11.8 Å². The van der Waals surface area contributed by atoms with Gasteiger partial charge < -0.3 is 10.1 Å². The molecule has 1 aliphatic rings. The van der Waals surface area contributed by atoms with Crippen molar-refractivity contribution >= 4 is 17.7 Å². The van der Waals surface area contributed by atoms with Crippen molar-refractivity contribution < 1.29 is 13.9 Å². The standard InChI is InChI=1S/C26H32FN5O2S/c27-22-10-12-23(13-11-22)32-24(18-31-15-5-2-6-16-31)29-30-26(32)35-20-25(33)28-14-7-17-34-19-21-8-3-1-4-9-21/h1,3-4,8-13H,2,5-7,14-20H2,(H,28,33). The van der Waals surface area contributed by atoms with Crippen molar-refractivity contribution in [1.29, 1.82) is 0 Å². The van der Waals surface area contributed by atoms with Gasteiger partial charge in [-0.05, 0) is 62.2 Å². The number of likely N-dealkylation sites (tertiary alicyclic amines) is 1. The van der Waals surface area contributed by atoms with Gasteiger partial charge in [0.25, 0.3) is 0 Å². The summed E-state index contributed by atoms with van der Waals surface area (Å²) in [6.45, 7) is 4.47. The molecule has 0 radical (unpaired) electrons. The lowest BCUT2D eigenvalue weighted by atomic mass is 10.1. The van der Waals surface area contributed by atoms with Gasteiger partial charge in [0.15, 0.2) is 11.0 Å². The number of amides is 1. The Morgan fingerprint density at radius 3 is 2.57 bits per heavy atom. The molecular formula is C26H32FN5O2S. The number of piperidine rings is 1. The lowest BCUT2D eigenvalue weighted by Crippen LogP contribution is -2.30. The van der Waals surface area contributed by atoms with Crippen LogP contribution in [0, 0.1) is 5.82 Å². The van der Waals surface area contributed by atoms with E-state index >= 15 is 0 Å². The monoisotopic (exact) mass is 497 g/mol. The van der Waals surface area contributed by atoms with Crippen molar-refractivity contribution in [2.45, 2.75) is 44.0 Å². The van der Waals surface area contributed by atoms with Crippen LogP contribution < -0.4 is 5.32 Å². The predicted molar refractivity (Wildman–Crippen MR) is 135 cm³/mol. The van der Waals surface area contributed by atoms with Crippen molar-refractivity contribution in [2.75, 3.05) is 32.0 Å². The van der Waals surface area contributed by atoms with Gasteiger partial charge in [-0.15, -0.1) is 10.2 Å².